The van der Waals surface area contributed by atoms with Gasteiger partial charge >= 0.3 is 0 Å². The Labute approximate surface area is 188 Å². The molecule has 1 atom stereocenters. The lowest BCUT2D eigenvalue weighted by atomic mass is 10.1. The van der Waals surface area contributed by atoms with Crippen LogP contribution in [0.15, 0.2) is 42.7 Å². The van der Waals surface area contributed by atoms with Gasteiger partial charge in [-0.15, -0.1) is 0 Å². The Morgan fingerprint density at radius 3 is 2.78 bits per heavy atom. The highest BCUT2D eigenvalue weighted by Crippen LogP contribution is 2.29. The Hall–Kier alpha value is -3.13. The van der Waals surface area contributed by atoms with Crippen LogP contribution in [0.1, 0.15) is 42.6 Å². The number of rotatable bonds is 10. The standard InChI is InChI=1S/C24H31N3O5/c1-17(2)26-23(28)16-32-21-9-8-19(12-22(21)30-3)24(29)27(15-20-7-5-11-31-20)14-18-6-4-10-25-13-18/h4,6,8-10,12-13,17,20H,5,7,11,14-16H2,1-3H3,(H,26,28). The van der Waals surface area contributed by atoms with Crippen LogP contribution in [-0.4, -0.2) is 60.7 Å². The molecule has 0 bridgehead atoms. The van der Waals surface area contributed by atoms with Gasteiger partial charge in [0.15, 0.2) is 18.1 Å². The van der Waals surface area contributed by atoms with Gasteiger partial charge in [-0.25, -0.2) is 0 Å². The summed E-state index contributed by atoms with van der Waals surface area (Å²) >= 11 is 0. The van der Waals surface area contributed by atoms with Gasteiger partial charge in [0.05, 0.1) is 13.2 Å². The summed E-state index contributed by atoms with van der Waals surface area (Å²) in [6, 6.07) is 8.82. The van der Waals surface area contributed by atoms with Crippen LogP contribution in [0.25, 0.3) is 0 Å². The number of methoxy groups -OCH3 is 1. The maximum absolute atomic E-state index is 13.4. The molecule has 1 fully saturated rings. The highest BCUT2D eigenvalue weighted by Gasteiger charge is 2.24. The van der Waals surface area contributed by atoms with Gasteiger partial charge in [0, 0.05) is 43.7 Å². The molecule has 1 saturated heterocycles. The van der Waals surface area contributed by atoms with Crippen LogP contribution < -0.4 is 14.8 Å². The molecule has 0 spiro atoms. The van der Waals surface area contributed by atoms with E-state index in [1.807, 2.05) is 26.0 Å². The van der Waals surface area contributed by atoms with E-state index >= 15 is 0 Å². The zero-order valence-electron chi connectivity index (χ0n) is 18.9. The fourth-order valence-corrected chi connectivity index (χ4v) is 3.57. The lowest BCUT2D eigenvalue weighted by Crippen LogP contribution is -2.37. The van der Waals surface area contributed by atoms with E-state index in [0.29, 0.717) is 30.2 Å². The summed E-state index contributed by atoms with van der Waals surface area (Å²) in [6.07, 6.45) is 5.44. The predicted octanol–water partition coefficient (Wildman–Crippen LogP) is 2.82. The monoisotopic (exact) mass is 441 g/mol. The topological polar surface area (TPSA) is 90.0 Å². The van der Waals surface area contributed by atoms with Gasteiger partial charge in [-0.2, -0.15) is 0 Å². The number of aromatic nitrogens is 1. The Morgan fingerprint density at radius 2 is 2.12 bits per heavy atom. The lowest BCUT2D eigenvalue weighted by Gasteiger charge is -2.26. The van der Waals surface area contributed by atoms with Crippen LogP contribution in [0.3, 0.4) is 0 Å². The predicted molar refractivity (Wildman–Crippen MR) is 120 cm³/mol. The first-order chi connectivity index (χ1) is 15.5. The normalized spacial score (nSPS) is 15.4. The van der Waals surface area contributed by atoms with Crippen molar-refractivity contribution in [2.45, 2.75) is 45.4 Å². The van der Waals surface area contributed by atoms with Gasteiger partial charge in [0.2, 0.25) is 0 Å². The molecule has 0 aliphatic carbocycles. The quantitative estimate of drug-likeness (QED) is 0.610. The summed E-state index contributed by atoms with van der Waals surface area (Å²) in [5.41, 5.74) is 1.42. The minimum Gasteiger partial charge on any atom is -0.493 e. The zero-order valence-corrected chi connectivity index (χ0v) is 18.9. The summed E-state index contributed by atoms with van der Waals surface area (Å²) in [5, 5.41) is 2.77. The third kappa shape index (κ3) is 6.68. The Kier molecular flexibility index (Phi) is 8.44. The third-order valence-corrected chi connectivity index (χ3v) is 5.05. The van der Waals surface area contributed by atoms with Crippen molar-refractivity contribution in [3.05, 3.63) is 53.9 Å². The summed E-state index contributed by atoms with van der Waals surface area (Å²) < 4.78 is 16.8. The van der Waals surface area contributed by atoms with E-state index in [0.717, 1.165) is 25.0 Å². The van der Waals surface area contributed by atoms with Gasteiger partial charge in [-0.3, -0.25) is 14.6 Å². The number of pyridine rings is 1. The van der Waals surface area contributed by atoms with E-state index in [9.17, 15) is 9.59 Å². The molecule has 1 aliphatic heterocycles. The highest BCUT2D eigenvalue weighted by atomic mass is 16.5. The molecule has 3 rings (SSSR count). The first kappa shape index (κ1) is 23.5. The van der Waals surface area contributed by atoms with Gasteiger partial charge in [0.25, 0.3) is 11.8 Å². The van der Waals surface area contributed by atoms with Crippen LogP contribution in [0, 0.1) is 0 Å². The fraction of sp³-hybridized carbons (Fsp3) is 0.458. The molecule has 1 aromatic carbocycles. The molecular formula is C24H31N3O5. The molecule has 32 heavy (non-hydrogen) atoms. The molecule has 2 aromatic rings. The average Bonchev–Trinajstić information content (AvgIpc) is 3.30. The van der Waals surface area contributed by atoms with Gasteiger partial charge in [0.1, 0.15) is 0 Å². The molecule has 1 aromatic heterocycles. The summed E-state index contributed by atoms with van der Waals surface area (Å²) in [6.45, 7) is 5.30. The minimum atomic E-state index is -0.221. The molecule has 0 radical (unpaired) electrons. The van der Waals surface area contributed by atoms with E-state index in [1.54, 1.807) is 35.5 Å². The summed E-state index contributed by atoms with van der Waals surface area (Å²) in [7, 11) is 1.50. The van der Waals surface area contributed by atoms with Crippen molar-refractivity contribution in [3.8, 4) is 11.5 Å². The molecule has 1 aliphatic rings. The Morgan fingerprint density at radius 1 is 1.28 bits per heavy atom. The number of amides is 2. The number of hydrogen-bond acceptors (Lipinski definition) is 6. The molecule has 8 nitrogen and oxygen atoms in total. The van der Waals surface area contributed by atoms with Crippen molar-refractivity contribution in [1.82, 2.24) is 15.2 Å². The van der Waals surface area contributed by atoms with Crippen LogP contribution in [0.4, 0.5) is 0 Å². The fourth-order valence-electron chi connectivity index (χ4n) is 3.57. The number of hydrogen-bond donors (Lipinski definition) is 1. The second-order valence-corrected chi connectivity index (χ2v) is 8.06. The van der Waals surface area contributed by atoms with Crippen molar-refractivity contribution < 1.29 is 23.8 Å². The molecule has 8 heteroatoms. The van der Waals surface area contributed by atoms with Crippen molar-refractivity contribution in [1.29, 1.82) is 0 Å². The molecule has 1 unspecified atom stereocenters. The maximum atomic E-state index is 13.4. The van der Waals surface area contributed by atoms with E-state index < -0.39 is 0 Å². The van der Waals surface area contributed by atoms with Crippen molar-refractivity contribution in [3.63, 3.8) is 0 Å². The number of nitrogens with zero attached hydrogens (tertiary/aromatic N) is 2. The van der Waals surface area contributed by atoms with Crippen LogP contribution >= 0.6 is 0 Å². The van der Waals surface area contributed by atoms with Crippen molar-refractivity contribution >= 4 is 11.8 Å². The summed E-state index contributed by atoms with van der Waals surface area (Å²) in [4.78, 5) is 31.2. The van der Waals surface area contributed by atoms with Crippen LogP contribution in [0.5, 0.6) is 11.5 Å². The second-order valence-electron chi connectivity index (χ2n) is 8.06. The van der Waals surface area contributed by atoms with E-state index in [1.165, 1.54) is 7.11 Å². The number of nitrogens with one attached hydrogen (secondary N) is 1. The van der Waals surface area contributed by atoms with E-state index in [-0.39, 0.29) is 30.6 Å². The van der Waals surface area contributed by atoms with Crippen molar-refractivity contribution in [2.75, 3.05) is 26.9 Å². The molecule has 172 valence electrons. The van der Waals surface area contributed by atoms with Crippen LogP contribution in [-0.2, 0) is 16.1 Å². The van der Waals surface area contributed by atoms with Crippen LogP contribution in [0.2, 0.25) is 0 Å². The van der Waals surface area contributed by atoms with Gasteiger partial charge < -0.3 is 24.4 Å². The molecule has 0 saturated carbocycles. The average molecular weight is 442 g/mol. The summed E-state index contributed by atoms with van der Waals surface area (Å²) in [5.74, 6) is 0.445. The first-order valence-corrected chi connectivity index (χ1v) is 10.9. The smallest absolute Gasteiger partial charge is 0.258 e. The largest absolute Gasteiger partial charge is 0.493 e. The SMILES string of the molecule is COc1cc(C(=O)N(Cc2cccnc2)CC2CCCO2)ccc1OCC(=O)NC(C)C. The molecule has 1 N–H and O–H groups in total. The molecule has 2 amide bonds. The zero-order chi connectivity index (χ0) is 22.9. The Bertz CT molecular complexity index is 898. The molecule has 2 heterocycles. The number of benzene rings is 1. The van der Waals surface area contributed by atoms with Gasteiger partial charge in [-0.1, -0.05) is 6.07 Å². The first-order valence-electron chi connectivity index (χ1n) is 10.9. The number of carbonyl (C=O) groups is 2. The minimum absolute atomic E-state index is 0.0274. The van der Waals surface area contributed by atoms with E-state index in [2.05, 4.69) is 10.3 Å². The number of ether oxygens (including phenoxy) is 3. The maximum Gasteiger partial charge on any atom is 0.258 e. The van der Waals surface area contributed by atoms with Crippen molar-refractivity contribution in [2.24, 2.45) is 0 Å². The lowest BCUT2D eigenvalue weighted by molar-refractivity contribution is -0.123. The number of carbonyl (C=O) groups excluding carboxylic acids is 2. The highest BCUT2D eigenvalue weighted by molar-refractivity contribution is 5.95. The second kappa shape index (κ2) is 11.5. The molecular weight excluding hydrogens is 410 g/mol. The van der Waals surface area contributed by atoms with Gasteiger partial charge in [-0.05, 0) is 56.5 Å². The van der Waals surface area contributed by atoms with E-state index in [4.69, 9.17) is 14.2 Å². The Balaban J connectivity index is 1.74. The third-order valence-electron chi connectivity index (χ3n) is 5.05.